The second-order valence-corrected chi connectivity index (χ2v) is 5.87. The van der Waals surface area contributed by atoms with Crippen LogP contribution in [0, 0.1) is 0 Å². The fraction of sp³-hybridized carbons (Fsp3) is 0. The fourth-order valence-corrected chi connectivity index (χ4v) is 3.03. The summed E-state index contributed by atoms with van der Waals surface area (Å²) in [4.78, 5) is 4.65. The Morgan fingerprint density at radius 2 is 1.35 bits per heavy atom. The summed E-state index contributed by atoms with van der Waals surface area (Å²) in [6, 6.07) is 26.7. The molecule has 0 aliphatic heterocycles. The van der Waals surface area contributed by atoms with Crippen LogP contribution in [0.1, 0.15) is 0 Å². The highest BCUT2D eigenvalue weighted by atomic mass is 35.5. The molecule has 1 nitrogen and oxygen atoms in total. The van der Waals surface area contributed by atoms with E-state index in [1.807, 2.05) is 36.5 Å². The first kappa shape index (κ1) is 14.0. The summed E-state index contributed by atoms with van der Waals surface area (Å²) in [5, 5.41) is 3.11. The molecule has 23 heavy (non-hydrogen) atoms. The van der Waals surface area contributed by atoms with Gasteiger partial charge in [-0.05, 0) is 34.7 Å². The minimum atomic E-state index is 0.745. The van der Waals surface area contributed by atoms with Crippen molar-refractivity contribution in [3.63, 3.8) is 0 Å². The summed E-state index contributed by atoms with van der Waals surface area (Å²) in [6.45, 7) is 0. The molecule has 0 aliphatic rings. The van der Waals surface area contributed by atoms with Crippen LogP contribution < -0.4 is 0 Å². The van der Waals surface area contributed by atoms with E-state index in [-0.39, 0.29) is 0 Å². The summed E-state index contributed by atoms with van der Waals surface area (Å²) in [7, 11) is 0. The van der Waals surface area contributed by atoms with Gasteiger partial charge >= 0.3 is 0 Å². The second-order valence-electron chi connectivity index (χ2n) is 5.43. The first-order valence-corrected chi connectivity index (χ1v) is 7.90. The van der Waals surface area contributed by atoms with Crippen molar-refractivity contribution in [2.75, 3.05) is 0 Å². The minimum Gasteiger partial charge on any atom is -0.256 e. The summed E-state index contributed by atoms with van der Waals surface area (Å²) >= 11 is 6.02. The molecule has 0 unspecified atom stereocenters. The Bertz CT molecular complexity index is 969. The molecular formula is C21H14ClN. The fourth-order valence-electron chi connectivity index (χ4n) is 2.91. The number of benzene rings is 3. The third kappa shape index (κ3) is 2.60. The molecule has 0 amide bonds. The molecule has 110 valence electrons. The minimum absolute atomic E-state index is 0.745. The smallest absolute Gasteiger partial charge is 0.0786 e. The highest BCUT2D eigenvalue weighted by Crippen LogP contribution is 2.34. The lowest BCUT2D eigenvalue weighted by Crippen LogP contribution is -1.89. The van der Waals surface area contributed by atoms with E-state index in [1.54, 1.807) is 0 Å². The molecule has 1 aromatic heterocycles. The number of hydrogen-bond donors (Lipinski definition) is 0. The molecule has 1 heterocycles. The van der Waals surface area contributed by atoms with Gasteiger partial charge in [0.2, 0.25) is 0 Å². The first-order chi connectivity index (χ1) is 11.3. The first-order valence-electron chi connectivity index (χ1n) is 7.52. The average molecular weight is 316 g/mol. The van der Waals surface area contributed by atoms with Crippen molar-refractivity contribution in [2.45, 2.75) is 0 Å². The Hall–Kier alpha value is -2.64. The maximum atomic E-state index is 6.02. The molecule has 0 saturated carbocycles. The predicted octanol–water partition coefficient (Wildman–Crippen LogP) is 6.22. The standard InChI is InChI=1S/C21H14ClN/c22-17-11-9-16(10-12-17)18-6-3-4-8-20(18)21-19-7-2-1-5-15(19)13-14-23-21/h1-14H. The lowest BCUT2D eigenvalue weighted by atomic mass is 9.95. The van der Waals surface area contributed by atoms with E-state index >= 15 is 0 Å². The number of halogens is 1. The Morgan fingerprint density at radius 1 is 0.652 bits per heavy atom. The van der Waals surface area contributed by atoms with Crippen LogP contribution in [0.2, 0.25) is 5.02 Å². The highest BCUT2D eigenvalue weighted by Gasteiger charge is 2.10. The van der Waals surface area contributed by atoms with Crippen molar-refractivity contribution in [3.05, 3.63) is 90.1 Å². The average Bonchev–Trinajstić information content (AvgIpc) is 2.62. The molecular weight excluding hydrogens is 302 g/mol. The van der Waals surface area contributed by atoms with E-state index in [9.17, 15) is 0 Å². The van der Waals surface area contributed by atoms with Crippen LogP contribution in [-0.2, 0) is 0 Å². The number of aromatic nitrogens is 1. The van der Waals surface area contributed by atoms with Crippen LogP contribution in [0.3, 0.4) is 0 Å². The van der Waals surface area contributed by atoms with Crippen molar-refractivity contribution in [3.8, 4) is 22.4 Å². The van der Waals surface area contributed by atoms with E-state index < -0.39 is 0 Å². The van der Waals surface area contributed by atoms with Crippen molar-refractivity contribution < 1.29 is 0 Å². The van der Waals surface area contributed by atoms with Crippen molar-refractivity contribution in [1.82, 2.24) is 4.98 Å². The molecule has 4 aromatic rings. The van der Waals surface area contributed by atoms with Crippen molar-refractivity contribution in [1.29, 1.82) is 0 Å². The molecule has 0 spiro atoms. The molecule has 0 atom stereocenters. The topological polar surface area (TPSA) is 12.9 Å². The second kappa shape index (κ2) is 5.86. The van der Waals surface area contributed by atoms with Crippen molar-refractivity contribution >= 4 is 22.4 Å². The maximum absolute atomic E-state index is 6.02. The Balaban J connectivity index is 1.97. The molecule has 0 N–H and O–H groups in total. The monoisotopic (exact) mass is 315 g/mol. The van der Waals surface area contributed by atoms with Crippen LogP contribution in [0.5, 0.6) is 0 Å². The van der Waals surface area contributed by atoms with Crippen molar-refractivity contribution in [2.24, 2.45) is 0 Å². The van der Waals surface area contributed by atoms with Crippen LogP contribution in [-0.4, -0.2) is 4.98 Å². The number of nitrogens with zero attached hydrogens (tertiary/aromatic N) is 1. The molecule has 0 aliphatic carbocycles. The van der Waals surface area contributed by atoms with E-state index in [0.717, 1.165) is 32.8 Å². The SMILES string of the molecule is Clc1ccc(-c2ccccc2-c2nccc3ccccc23)cc1. The van der Waals surface area contributed by atoms with Crippen LogP contribution in [0.4, 0.5) is 0 Å². The van der Waals surface area contributed by atoms with Gasteiger partial charge in [0.15, 0.2) is 0 Å². The summed E-state index contributed by atoms with van der Waals surface area (Å²) in [6.07, 6.45) is 1.87. The molecule has 2 heteroatoms. The van der Waals surface area contributed by atoms with Crippen LogP contribution in [0.25, 0.3) is 33.2 Å². The normalized spacial score (nSPS) is 10.8. The van der Waals surface area contributed by atoms with Gasteiger partial charge < -0.3 is 0 Å². The molecule has 0 saturated heterocycles. The molecule has 0 bridgehead atoms. The van der Waals surface area contributed by atoms with Gasteiger partial charge in [-0.3, -0.25) is 4.98 Å². The molecule has 3 aromatic carbocycles. The zero-order valence-corrected chi connectivity index (χ0v) is 13.2. The van der Waals surface area contributed by atoms with Gasteiger partial charge in [0.25, 0.3) is 0 Å². The number of pyridine rings is 1. The Labute approximate surface area is 140 Å². The van der Waals surface area contributed by atoms with Gasteiger partial charge in [0.1, 0.15) is 0 Å². The lowest BCUT2D eigenvalue weighted by Gasteiger charge is -2.11. The third-order valence-corrected chi connectivity index (χ3v) is 4.26. The summed E-state index contributed by atoms with van der Waals surface area (Å²) in [5.41, 5.74) is 4.44. The molecule has 0 fully saturated rings. The third-order valence-electron chi connectivity index (χ3n) is 4.01. The summed E-state index contributed by atoms with van der Waals surface area (Å²) in [5.74, 6) is 0. The largest absolute Gasteiger partial charge is 0.256 e. The van der Waals surface area contributed by atoms with Gasteiger partial charge in [-0.1, -0.05) is 72.3 Å². The summed E-state index contributed by atoms with van der Waals surface area (Å²) < 4.78 is 0. The quantitative estimate of drug-likeness (QED) is 0.428. The number of fused-ring (bicyclic) bond motifs is 1. The Kier molecular flexibility index (Phi) is 3.57. The number of rotatable bonds is 2. The van der Waals surface area contributed by atoms with Gasteiger partial charge in [0, 0.05) is 22.2 Å². The van der Waals surface area contributed by atoms with Gasteiger partial charge in [-0.15, -0.1) is 0 Å². The van der Waals surface area contributed by atoms with E-state index in [4.69, 9.17) is 11.6 Å². The van der Waals surface area contributed by atoms with Gasteiger partial charge in [0.05, 0.1) is 5.69 Å². The number of hydrogen-bond acceptors (Lipinski definition) is 1. The zero-order chi connectivity index (χ0) is 15.6. The molecule has 4 rings (SSSR count). The Morgan fingerprint density at radius 3 is 2.17 bits per heavy atom. The van der Waals surface area contributed by atoms with E-state index in [1.165, 1.54) is 5.39 Å². The molecule has 0 radical (unpaired) electrons. The highest BCUT2D eigenvalue weighted by molar-refractivity contribution is 6.30. The predicted molar refractivity (Wildman–Crippen MR) is 97.6 cm³/mol. The lowest BCUT2D eigenvalue weighted by molar-refractivity contribution is 1.36. The van der Waals surface area contributed by atoms with Gasteiger partial charge in [-0.25, -0.2) is 0 Å². The van der Waals surface area contributed by atoms with Crippen LogP contribution in [0.15, 0.2) is 85.1 Å². The van der Waals surface area contributed by atoms with E-state index in [2.05, 4.69) is 53.5 Å². The maximum Gasteiger partial charge on any atom is 0.0786 e. The van der Waals surface area contributed by atoms with Crippen LogP contribution >= 0.6 is 11.6 Å². The van der Waals surface area contributed by atoms with Gasteiger partial charge in [-0.2, -0.15) is 0 Å². The zero-order valence-electron chi connectivity index (χ0n) is 12.4. The van der Waals surface area contributed by atoms with E-state index in [0.29, 0.717) is 0 Å².